The molecule has 1 amide bonds. The molecule has 0 saturated heterocycles. The third-order valence-corrected chi connectivity index (χ3v) is 4.06. The molecule has 0 bridgehead atoms. The van der Waals surface area contributed by atoms with Crippen LogP contribution in [0.25, 0.3) is 10.9 Å². The molecule has 3 rings (SSSR count). The van der Waals surface area contributed by atoms with Crippen LogP contribution in [0.1, 0.15) is 5.56 Å². The number of halogens is 2. The molecule has 0 unspecified atom stereocenters. The summed E-state index contributed by atoms with van der Waals surface area (Å²) < 4.78 is 0. The Hall–Kier alpha value is -2.30. The van der Waals surface area contributed by atoms with Gasteiger partial charge in [0, 0.05) is 17.3 Å². The predicted octanol–water partition coefficient (Wildman–Crippen LogP) is 4.31. The van der Waals surface area contributed by atoms with Crippen LogP contribution in [0.2, 0.25) is 10.0 Å². The van der Waals surface area contributed by atoms with Gasteiger partial charge in [-0.1, -0.05) is 47.5 Å². The summed E-state index contributed by atoms with van der Waals surface area (Å²) in [6.45, 7) is 0. The molecular weight excluding hydrogens is 333 g/mol. The highest BCUT2D eigenvalue weighted by molar-refractivity contribution is 6.39. The average Bonchev–Trinajstić information content (AvgIpc) is 2.53. The monoisotopic (exact) mass is 345 g/mol. The Morgan fingerprint density at radius 1 is 1.13 bits per heavy atom. The average molecular weight is 346 g/mol. The van der Waals surface area contributed by atoms with Gasteiger partial charge in [0.15, 0.2) is 0 Å². The Morgan fingerprint density at radius 2 is 1.83 bits per heavy atom. The van der Waals surface area contributed by atoms with E-state index >= 15 is 0 Å². The Kier molecular flexibility index (Phi) is 4.37. The van der Waals surface area contributed by atoms with Gasteiger partial charge in [0.2, 0.25) is 5.91 Å². The maximum Gasteiger partial charge on any atom is 0.228 e. The summed E-state index contributed by atoms with van der Waals surface area (Å²) in [7, 11) is 0. The zero-order chi connectivity index (χ0) is 16.4. The molecule has 116 valence electrons. The molecule has 1 aromatic heterocycles. The van der Waals surface area contributed by atoms with Crippen molar-refractivity contribution >= 4 is 51.4 Å². The van der Waals surface area contributed by atoms with E-state index in [1.54, 1.807) is 18.3 Å². The topological polar surface area (TPSA) is 68.0 Å². The molecule has 3 aromatic rings. The number of carbonyl (C=O) groups is 1. The van der Waals surface area contributed by atoms with Gasteiger partial charge in [-0.15, -0.1) is 0 Å². The van der Waals surface area contributed by atoms with Crippen LogP contribution in [0, 0.1) is 0 Å². The first-order valence-corrected chi connectivity index (χ1v) is 7.67. The van der Waals surface area contributed by atoms with E-state index < -0.39 is 0 Å². The van der Waals surface area contributed by atoms with Gasteiger partial charge in [-0.25, -0.2) is 0 Å². The minimum atomic E-state index is -0.181. The number of benzene rings is 2. The summed E-state index contributed by atoms with van der Waals surface area (Å²) in [6, 6.07) is 12.7. The maximum atomic E-state index is 12.3. The molecule has 2 aromatic carbocycles. The van der Waals surface area contributed by atoms with Crippen LogP contribution < -0.4 is 11.1 Å². The third kappa shape index (κ3) is 3.38. The third-order valence-electron chi connectivity index (χ3n) is 3.43. The van der Waals surface area contributed by atoms with Gasteiger partial charge in [-0.3, -0.25) is 9.78 Å². The molecule has 0 spiro atoms. The maximum absolute atomic E-state index is 12.3. The second-order valence-electron chi connectivity index (χ2n) is 5.07. The molecule has 0 aliphatic carbocycles. The van der Waals surface area contributed by atoms with Crippen molar-refractivity contribution in [3.8, 4) is 0 Å². The van der Waals surface area contributed by atoms with Crippen molar-refractivity contribution in [2.24, 2.45) is 0 Å². The number of nitrogens with one attached hydrogen (secondary N) is 1. The van der Waals surface area contributed by atoms with Gasteiger partial charge in [0.1, 0.15) is 0 Å². The molecule has 23 heavy (non-hydrogen) atoms. The summed E-state index contributed by atoms with van der Waals surface area (Å²) in [4.78, 5) is 16.6. The van der Waals surface area contributed by atoms with Crippen molar-refractivity contribution in [1.29, 1.82) is 0 Å². The van der Waals surface area contributed by atoms with Gasteiger partial charge in [-0.2, -0.15) is 0 Å². The molecule has 0 atom stereocenters. The number of aromatic nitrogens is 1. The number of carbonyl (C=O) groups excluding carboxylic acids is 1. The van der Waals surface area contributed by atoms with E-state index in [1.165, 1.54) is 0 Å². The first-order valence-electron chi connectivity index (χ1n) is 6.91. The van der Waals surface area contributed by atoms with Crippen molar-refractivity contribution < 1.29 is 4.79 Å². The number of rotatable bonds is 3. The molecule has 0 aliphatic heterocycles. The molecule has 6 heteroatoms. The number of nitrogen functional groups attached to an aromatic ring is 1. The number of amides is 1. The smallest absolute Gasteiger partial charge is 0.228 e. The largest absolute Gasteiger partial charge is 0.396 e. The molecule has 0 saturated carbocycles. The van der Waals surface area contributed by atoms with Crippen molar-refractivity contribution in [2.75, 3.05) is 11.1 Å². The first-order chi connectivity index (χ1) is 11.0. The van der Waals surface area contributed by atoms with Gasteiger partial charge in [-0.05, 0) is 23.8 Å². The number of hydrogen-bond acceptors (Lipinski definition) is 3. The summed E-state index contributed by atoms with van der Waals surface area (Å²) in [5.74, 6) is -0.181. The number of para-hydroxylation sites is 1. The summed E-state index contributed by atoms with van der Waals surface area (Å²) in [6.07, 6.45) is 1.91. The van der Waals surface area contributed by atoms with Crippen LogP contribution in [-0.2, 0) is 11.2 Å². The minimum absolute atomic E-state index is 0.181. The summed E-state index contributed by atoms with van der Waals surface area (Å²) >= 11 is 11.9. The number of pyridine rings is 1. The number of hydrogen-bond donors (Lipinski definition) is 2. The molecular formula is C17H13Cl2N3O. The Balaban J connectivity index is 1.82. The van der Waals surface area contributed by atoms with Gasteiger partial charge in [0.05, 0.1) is 27.7 Å². The lowest BCUT2D eigenvalue weighted by molar-refractivity contribution is -0.115. The van der Waals surface area contributed by atoms with Crippen molar-refractivity contribution in [2.45, 2.75) is 6.42 Å². The number of anilines is 2. The fourth-order valence-electron chi connectivity index (χ4n) is 2.34. The highest BCUT2D eigenvalue weighted by Gasteiger charge is 2.10. The number of nitrogens with zero attached hydrogens (tertiary/aromatic N) is 1. The Morgan fingerprint density at radius 3 is 2.57 bits per heavy atom. The summed E-state index contributed by atoms with van der Waals surface area (Å²) in [5.41, 5.74) is 8.16. The quantitative estimate of drug-likeness (QED) is 0.695. The zero-order valence-electron chi connectivity index (χ0n) is 12.0. The number of fused-ring (bicyclic) bond motifs is 1. The first kappa shape index (κ1) is 15.6. The fourth-order valence-corrected chi connectivity index (χ4v) is 2.83. The van der Waals surface area contributed by atoms with Crippen LogP contribution in [0.15, 0.2) is 48.7 Å². The van der Waals surface area contributed by atoms with E-state index in [9.17, 15) is 4.79 Å². The number of nitrogens with two attached hydrogens (primary N) is 1. The normalized spacial score (nSPS) is 10.7. The van der Waals surface area contributed by atoms with Crippen molar-refractivity contribution in [3.63, 3.8) is 0 Å². The minimum Gasteiger partial charge on any atom is -0.396 e. The lowest BCUT2D eigenvalue weighted by atomic mass is 10.1. The second-order valence-corrected chi connectivity index (χ2v) is 5.89. The van der Waals surface area contributed by atoms with Crippen LogP contribution in [0.5, 0.6) is 0 Å². The van der Waals surface area contributed by atoms with Crippen LogP contribution in [-0.4, -0.2) is 10.9 Å². The van der Waals surface area contributed by atoms with E-state index in [0.717, 1.165) is 16.5 Å². The molecule has 0 fully saturated rings. The standard InChI is InChI=1S/C17H13Cl2N3O/c18-13-8-12(9-14(19)16(13)20)22-15(23)7-11-4-1-3-10-5-2-6-21-17(10)11/h1-6,8-9H,7,20H2,(H,22,23). The SMILES string of the molecule is Nc1c(Cl)cc(NC(=O)Cc2cccc3cccnc23)cc1Cl. The lowest BCUT2D eigenvalue weighted by Gasteiger charge is -2.09. The zero-order valence-corrected chi connectivity index (χ0v) is 13.5. The highest BCUT2D eigenvalue weighted by atomic mass is 35.5. The Bertz CT molecular complexity index is 868. The van der Waals surface area contributed by atoms with Crippen LogP contribution in [0.3, 0.4) is 0 Å². The van der Waals surface area contributed by atoms with E-state index in [4.69, 9.17) is 28.9 Å². The Labute approximate surface area is 143 Å². The summed E-state index contributed by atoms with van der Waals surface area (Å²) in [5, 5.41) is 4.38. The molecule has 0 radical (unpaired) electrons. The van der Waals surface area contributed by atoms with E-state index in [1.807, 2.05) is 30.3 Å². The second kappa shape index (κ2) is 6.44. The van der Waals surface area contributed by atoms with E-state index in [2.05, 4.69) is 10.3 Å². The predicted molar refractivity (Wildman–Crippen MR) is 95.0 cm³/mol. The fraction of sp³-hybridized carbons (Fsp3) is 0.0588. The molecule has 3 N–H and O–H groups in total. The molecule has 1 heterocycles. The van der Waals surface area contributed by atoms with Gasteiger partial charge >= 0.3 is 0 Å². The van der Waals surface area contributed by atoms with E-state index in [0.29, 0.717) is 21.4 Å². The van der Waals surface area contributed by atoms with Gasteiger partial charge in [0.25, 0.3) is 0 Å². The van der Waals surface area contributed by atoms with Gasteiger partial charge < -0.3 is 11.1 Å². The molecule has 0 aliphatic rings. The highest BCUT2D eigenvalue weighted by Crippen LogP contribution is 2.31. The van der Waals surface area contributed by atoms with E-state index in [-0.39, 0.29) is 12.3 Å². The van der Waals surface area contributed by atoms with Crippen LogP contribution >= 0.6 is 23.2 Å². The van der Waals surface area contributed by atoms with Crippen molar-refractivity contribution in [1.82, 2.24) is 4.98 Å². The van der Waals surface area contributed by atoms with Crippen molar-refractivity contribution in [3.05, 3.63) is 64.3 Å². The van der Waals surface area contributed by atoms with Crippen LogP contribution in [0.4, 0.5) is 11.4 Å². The molecule has 4 nitrogen and oxygen atoms in total. The lowest BCUT2D eigenvalue weighted by Crippen LogP contribution is -2.15.